The van der Waals surface area contributed by atoms with Gasteiger partial charge in [-0.1, -0.05) is 20.8 Å². The lowest BCUT2D eigenvalue weighted by Crippen LogP contribution is -2.37. The Balaban J connectivity index is 0.00000480. The summed E-state index contributed by atoms with van der Waals surface area (Å²) in [5, 5.41) is 2.88. The molecule has 1 fully saturated rings. The van der Waals surface area contributed by atoms with Crippen LogP contribution in [0.15, 0.2) is 24.3 Å². The monoisotopic (exact) mass is 420 g/mol. The molecule has 0 saturated carbocycles. The van der Waals surface area contributed by atoms with Crippen molar-refractivity contribution in [1.82, 2.24) is 5.32 Å². The molecular formula is C24H40N2O4. The standard InChI is InChI=1S/C24H38N2O4.H2/c1-5-19(4)30-17-16-29-15-12-25-24(28)21-6-8-22(9-7-21)26-13-10-20(11-14-26)23(27)18(2)3;/h6-9,18-20H,5,10-17H2,1-4H3,(H,25,28);1H. The summed E-state index contributed by atoms with van der Waals surface area (Å²) in [5.74, 6) is 0.592. The van der Waals surface area contributed by atoms with Crippen LogP contribution in [-0.4, -0.2) is 57.2 Å². The van der Waals surface area contributed by atoms with Crippen molar-refractivity contribution in [2.75, 3.05) is 44.4 Å². The van der Waals surface area contributed by atoms with Crippen LogP contribution in [0.5, 0.6) is 0 Å². The number of amides is 1. The number of benzene rings is 1. The fourth-order valence-electron chi connectivity index (χ4n) is 3.58. The molecule has 0 aromatic heterocycles. The van der Waals surface area contributed by atoms with Crippen molar-refractivity contribution in [3.05, 3.63) is 29.8 Å². The number of Topliss-reactive ketones (excluding diaryl/α,β-unsaturated/α-hetero) is 1. The van der Waals surface area contributed by atoms with E-state index in [2.05, 4.69) is 17.1 Å². The number of ether oxygens (including phenoxy) is 2. The predicted octanol–water partition coefficient (Wildman–Crippen LogP) is 3.94. The molecule has 1 N–H and O–H groups in total. The van der Waals surface area contributed by atoms with Gasteiger partial charge in [-0.3, -0.25) is 9.59 Å². The van der Waals surface area contributed by atoms with E-state index >= 15 is 0 Å². The zero-order chi connectivity index (χ0) is 21.9. The van der Waals surface area contributed by atoms with Crippen molar-refractivity contribution in [2.24, 2.45) is 11.8 Å². The third kappa shape index (κ3) is 7.73. The summed E-state index contributed by atoms with van der Waals surface area (Å²) in [6.07, 6.45) is 3.05. The first kappa shape index (κ1) is 24.4. The highest BCUT2D eigenvalue weighted by atomic mass is 16.5. The summed E-state index contributed by atoms with van der Waals surface area (Å²) in [5.41, 5.74) is 1.75. The van der Waals surface area contributed by atoms with E-state index < -0.39 is 0 Å². The van der Waals surface area contributed by atoms with E-state index in [1.165, 1.54) is 0 Å². The molecule has 1 aromatic rings. The smallest absolute Gasteiger partial charge is 0.251 e. The van der Waals surface area contributed by atoms with Crippen molar-refractivity contribution in [1.29, 1.82) is 0 Å². The van der Waals surface area contributed by atoms with Gasteiger partial charge in [-0.15, -0.1) is 0 Å². The molecule has 0 bridgehead atoms. The molecule has 1 amide bonds. The van der Waals surface area contributed by atoms with Gasteiger partial charge in [0.15, 0.2) is 0 Å². The van der Waals surface area contributed by atoms with E-state index in [0.29, 0.717) is 37.7 Å². The second kappa shape index (κ2) is 12.7. The fourth-order valence-corrected chi connectivity index (χ4v) is 3.58. The zero-order valence-electron chi connectivity index (χ0n) is 19.0. The highest BCUT2D eigenvalue weighted by Crippen LogP contribution is 2.25. The van der Waals surface area contributed by atoms with E-state index in [0.717, 1.165) is 38.0 Å². The number of ketones is 1. The highest BCUT2D eigenvalue weighted by Gasteiger charge is 2.26. The topological polar surface area (TPSA) is 67.9 Å². The second-order valence-corrected chi connectivity index (χ2v) is 8.32. The predicted molar refractivity (Wildman–Crippen MR) is 122 cm³/mol. The van der Waals surface area contributed by atoms with E-state index in [9.17, 15) is 9.59 Å². The van der Waals surface area contributed by atoms with Gasteiger partial charge in [0.1, 0.15) is 5.78 Å². The molecule has 2 rings (SSSR count). The molecule has 1 aliphatic heterocycles. The average molecular weight is 421 g/mol. The third-order valence-corrected chi connectivity index (χ3v) is 5.70. The number of rotatable bonds is 12. The lowest BCUT2D eigenvalue weighted by molar-refractivity contribution is -0.126. The Labute approximate surface area is 182 Å². The summed E-state index contributed by atoms with van der Waals surface area (Å²) < 4.78 is 11.0. The summed E-state index contributed by atoms with van der Waals surface area (Å²) in [7, 11) is 0. The molecule has 1 heterocycles. The van der Waals surface area contributed by atoms with Crippen LogP contribution in [0.4, 0.5) is 5.69 Å². The van der Waals surface area contributed by atoms with Crippen molar-refractivity contribution < 1.29 is 20.5 Å². The van der Waals surface area contributed by atoms with Gasteiger partial charge < -0.3 is 19.7 Å². The van der Waals surface area contributed by atoms with Crippen molar-refractivity contribution in [3.63, 3.8) is 0 Å². The van der Waals surface area contributed by atoms with Gasteiger partial charge in [0.05, 0.1) is 25.9 Å². The van der Waals surface area contributed by atoms with Crippen LogP contribution < -0.4 is 10.2 Å². The van der Waals surface area contributed by atoms with Crippen LogP contribution in [0.25, 0.3) is 0 Å². The lowest BCUT2D eigenvalue weighted by Gasteiger charge is -2.33. The molecule has 1 aromatic carbocycles. The summed E-state index contributed by atoms with van der Waals surface area (Å²) in [6.45, 7) is 11.9. The molecule has 30 heavy (non-hydrogen) atoms. The first-order valence-electron chi connectivity index (χ1n) is 11.3. The van der Waals surface area contributed by atoms with Gasteiger partial charge in [0.25, 0.3) is 5.91 Å². The number of hydrogen-bond donors (Lipinski definition) is 1. The number of anilines is 1. The molecule has 1 saturated heterocycles. The third-order valence-electron chi connectivity index (χ3n) is 5.70. The molecule has 6 nitrogen and oxygen atoms in total. The minimum atomic E-state index is -0.0951. The Morgan fingerprint density at radius 1 is 1.10 bits per heavy atom. The zero-order valence-corrected chi connectivity index (χ0v) is 19.0. The van der Waals surface area contributed by atoms with E-state index in [-0.39, 0.29) is 25.3 Å². The SMILES string of the molecule is CCC(C)OCCOCCNC(=O)c1ccc(N2CCC(C(=O)C(C)C)CC2)cc1.[HH]. The molecular weight excluding hydrogens is 380 g/mol. The maximum absolute atomic E-state index is 12.3. The average Bonchev–Trinajstić information content (AvgIpc) is 2.77. The molecule has 0 radical (unpaired) electrons. The molecule has 6 heteroatoms. The Bertz CT molecular complexity index is 658. The van der Waals surface area contributed by atoms with E-state index in [1.807, 2.05) is 45.0 Å². The van der Waals surface area contributed by atoms with Crippen molar-refractivity contribution in [3.8, 4) is 0 Å². The normalized spacial score (nSPS) is 16.0. The second-order valence-electron chi connectivity index (χ2n) is 8.32. The van der Waals surface area contributed by atoms with Crippen LogP contribution in [0.1, 0.15) is 58.7 Å². The van der Waals surface area contributed by atoms with E-state index in [4.69, 9.17) is 9.47 Å². The molecule has 170 valence electrons. The fraction of sp³-hybridized carbons (Fsp3) is 0.667. The number of hydrogen-bond acceptors (Lipinski definition) is 5. The van der Waals surface area contributed by atoms with Crippen LogP contribution in [0, 0.1) is 11.8 Å². The molecule has 0 spiro atoms. The largest absolute Gasteiger partial charge is 0.377 e. The quantitative estimate of drug-likeness (QED) is 0.519. The van der Waals surface area contributed by atoms with E-state index in [1.54, 1.807) is 0 Å². The molecule has 0 aliphatic carbocycles. The molecule has 1 unspecified atom stereocenters. The Morgan fingerprint density at radius 3 is 2.37 bits per heavy atom. The van der Waals surface area contributed by atoms with Gasteiger partial charge in [-0.05, 0) is 50.5 Å². The Hall–Kier alpha value is -1.92. The van der Waals surface area contributed by atoms with Crippen molar-refractivity contribution >= 4 is 17.4 Å². The maximum atomic E-state index is 12.3. The summed E-state index contributed by atoms with van der Waals surface area (Å²) in [6, 6.07) is 7.69. The molecule has 1 aliphatic rings. The van der Waals surface area contributed by atoms with Gasteiger partial charge in [-0.2, -0.15) is 0 Å². The van der Waals surface area contributed by atoms with Crippen LogP contribution >= 0.6 is 0 Å². The molecule has 1 atom stereocenters. The first-order valence-corrected chi connectivity index (χ1v) is 11.3. The lowest BCUT2D eigenvalue weighted by atomic mass is 9.87. The van der Waals surface area contributed by atoms with Gasteiger partial charge in [0.2, 0.25) is 0 Å². The Morgan fingerprint density at radius 2 is 1.77 bits per heavy atom. The van der Waals surface area contributed by atoms with Crippen LogP contribution in [0.3, 0.4) is 0 Å². The van der Waals surface area contributed by atoms with Crippen LogP contribution in [0.2, 0.25) is 0 Å². The highest BCUT2D eigenvalue weighted by molar-refractivity contribution is 5.94. The Kier molecular flexibility index (Phi) is 10.3. The maximum Gasteiger partial charge on any atom is 0.251 e. The number of carbonyl (C=O) groups is 2. The summed E-state index contributed by atoms with van der Waals surface area (Å²) in [4.78, 5) is 26.8. The van der Waals surface area contributed by atoms with Crippen LogP contribution in [-0.2, 0) is 14.3 Å². The number of carbonyl (C=O) groups excluding carboxylic acids is 2. The number of nitrogens with zero attached hydrogens (tertiary/aromatic N) is 1. The van der Waals surface area contributed by atoms with Gasteiger partial charge in [0, 0.05) is 44.1 Å². The van der Waals surface area contributed by atoms with Gasteiger partial charge in [-0.25, -0.2) is 0 Å². The summed E-state index contributed by atoms with van der Waals surface area (Å²) >= 11 is 0. The minimum Gasteiger partial charge on any atom is -0.377 e. The minimum absolute atomic E-state index is 0. The number of nitrogens with one attached hydrogen (secondary N) is 1. The first-order chi connectivity index (χ1) is 14.4. The number of piperidine rings is 1. The van der Waals surface area contributed by atoms with Gasteiger partial charge >= 0.3 is 0 Å². The van der Waals surface area contributed by atoms with Crippen molar-refractivity contribution in [2.45, 2.75) is 53.1 Å².